The number of hydrogen-bond donors (Lipinski definition) is 1. The Kier molecular flexibility index (Phi) is 7.86. The smallest absolute Gasteiger partial charge is 0.328 e. The van der Waals surface area contributed by atoms with E-state index in [1.807, 2.05) is 32.0 Å². The quantitative estimate of drug-likeness (QED) is 0.469. The van der Waals surface area contributed by atoms with Crippen LogP contribution in [0.4, 0.5) is 0 Å². The largest absolute Gasteiger partial charge is 0.464 e. The summed E-state index contributed by atoms with van der Waals surface area (Å²) in [6, 6.07) is 5.37. The van der Waals surface area contributed by atoms with E-state index in [0.29, 0.717) is 13.0 Å². The van der Waals surface area contributed by atoms with Crippen molar-refractivity contribution >= 4 is 35.0 Å². The normalized spacial score (nSPS) is 16.8. The molecule has 0 aliphatic carbocycles. The summed E-state index contributed by atoms with van der Waals surface area (Å²) < 4.78 is 4.82. The van der Waals surface area contributed by atoms with Gasteiger partial charge in [-0.2, -0.15) is 0 Å². The monoisotopic (exact) mass is 365 g/mol. The highest BCUT2D eigenvalue weighted by molar-refractivity contribution is 8.00. The lowest BCUT2D eigenvalue weighted by Crippen LogP contribution is -2.38. The number of amides is 1. The van der Waals surface area contributed by atoms with Crippen LogP contribution in [0.2, 0.25) is 0 Å². The molecule has 0 saturated carbocycles. The maximum atomic E-state index is 11.9. The molecule has 1 aromatic rings. The molecule has 1 fully saturated rings. The van der Waals surface area contributed by atoms with Crippen LogP contribution in [0.3, 0.4) is 0 Å². The summed E-state index contributed by atoms with van der Waals surface area (Å²) in [4.78, 5) is 35.4. The SMILES string of the molecule is CC(=O)/C=C(/C)c1ccc(SCC(=O)NC2CCOC2=O)cc1C.O. The van der Waals surface area contributed by atoms with E-state index < -0.39 is 6.04 Å². The fourth-order valence-corrected chi connectivity index (χ4v) is 3.37. The fourth-order valence-electron chi connectivity index (χ4n) is 2.56. The minimum Gasteiger partial charge on any atom is -0.464 e. The van der Waals surface area contributed by atoms with Crippen LogP contribution >= 0.6 is 11.8 Å². The van der Waals surface area contributed by atoms with Gasteiger partial charge in [-0.3, -0.25) is 9.59 Å². The molecule has 1 atom stereocenters. The molecule has 3 N–H and O–H groups in total. The Morgan fingerprint density at radius 2 is 2.08 bits per heavy atom. The second kappa shape index (κ2) is 9.39. The molecular formula is C18H23NO5S. The predicted molar refractivity (Wildman–Crippen MR) is 97.4 cm³/mol. The van der Waals surface area contributed by atoms with Gasteiger partial charge in [0, 0.05) is 11.3 Å². The highest BCUT2D eigenvalue weighted by atomic mass is 32.2. The minimum atomic E-state index is -0.512. The molecule has 25 heavy (non-hydrogen) atoms. The molecule has 0 aromatic heterocycles. The zero-order chi connectivity index (χ0) is 17.7. The number of benzene rings is 1. The third-order valence-electron chi connectivity index (χ3n) is 3.68. The fraction of sp³-hybridized carbons (Fsp3) is 0.389. The number of thioether (sulfide) groups is 1. The molecule has 1 unspecified atom stereocenters. The Morgan fingerprint density at radius 1 is 1.36 bits per heavy atom. The molecule has 1 aliphatic rings. The molecule has 6 nitrogen and oxygen atoms in total. The number of esters is 1. The van der Waals surface area contributed by atoms with Crippen LogP contribution in [0.15, 0.2) is 29.2 Å². The van der Waals surface area contributed by atoms with Crippen LogP contribution < -0.4 is 5.32 Å². The molecule has 1 heterocycles. The van der Waals surface area contributed by atoms with E-state index in [0.717, 1.165) is 21.6 Å². The van der Waals surface area contributed by atoms with Crippen molar-refractivity contribution in [3.05, 3.63) is 35.4 Å². The van der Waals surface area contributed by atoms with E-state index in [-0.39, 0.29) is 28.9 Å². The van der Waals surface area contributed by atoms with Gasteiger partial charge in [0.2, 0.25) is 5.91 Å². The van der Waals surface area contributed by atoms with Crippen molar-refractivity contribution in [2.45, 2.75) is 38.1 Å². The van der Waals surface area contributed by atoms with E-state index in [2.05, 4.69) is 5.32 Å². The highest BCUT2D eigenvalue weighted by Gasteiger charge is 2.27. The zero-order valence-corrected chi connectivity index (χ0v) is 15.4. The summed E-state index contributed by atoms with van der Waals surface area (Å²) in [7, 11) is 0. The first-order valence-corrected chi connectivity index (χ1v) is 8.74. The van der Waals surface area contributed by atoms with Crippen molar-refractivity contribution in [1.82, 2.24) is 5.32 Å². The van der Waals surface area contributed by atoms with Crippen LogP contribution in [0.5, 0.6) is 0 Å². The first-order valence-electron chi connectivity index (χ1n) is 7.75. The van der Waals surface area contributed by atoms with Gasteiger partial charge in [-0.15, -0.1) is 11.8 Å². The zero-order valence-electron chi connectivity index (χ0n) is 14.5. The van der Waals surface area contributed by atoms with Gasteiger partial charge in [0.25, 0.3) is 0 Å². The van der Waals surface area contributed by atoms with Crippen molar-refractivity contribution in [1.29, 1.82) is 0 Å². The van der Waals surface area contributed by atoms with Crippen molar-refractivity contribution in [3.8, 4) is 0 Å². The summed E-state index contributed by atoms with van der Waals surface area (Å²) >= 11 is 1.41. The molecule has 0 bridgehead atoms. The topological polar surface area (TPSA) is 104 Å². The lowest BCUT2D eigenvalue weighted by molar-refractivity contribution is -0.141. The minimum absolute atomic E-state index is 0. The summed E-state index contributed by atoms with van der Waals surface area (Å²) in [5.41, 5.74) is 3.00. The van der Waals surface area contributed by atoms with Gasteiger partial charge in [0.05, 0.1) is 12.4 Å². The van der Waals surface area contributed by atoms with Gasteiger partial charge >= 0.3 is 5.97 Å². The number of rotatable bonds is 6. The van der Waals surface area contributed by atoms with Gasteiger partial charge < -0.3 is 15.5 Å². The van der Waals surface area contributed by atoms with Gasteiger partial charge in [0.15, 0.2) is 5.78 Å². The number of carbonyl (C=O) groups excluding carboxylic acids is 3. The predicted octanol–water partition coefficient (Wildman–Crippen LogP) is 1.69. The number of ether oxygens (including phenoxy) is 1. The van der Waals surface area contributed by atoms with E-state index in [9.17, 15) is 14.4 Å². The van der Waals surface area contributed by atoms with Gasteiger partial charge in [-0.1, -0.05) is 6.07 Å². The van der Waals surface area contributed by atoms with Crippen molar-refractivity contribution in [2.24, 2.45) is 0 Å². The first-order chi connectivity index (χ1) is 11.4. The molecule has 1 saturated heterocycles. The first kappa shape index (κ1) is 20.9. The molecule has 0 radical (unpaired) electrons. The highest BCUT2D eigenvalue weighted by Crippen LogP contribution is 2.25. The molecule has 2 rings (SSSR count). The van der Waals surface area contributed by atoms with Gasteiger partial charge in [-0.05, 0) is 55.7 Å². The summed E-state index contributed by atoms with van der Waals surface area (Å²) in [5, 5.41) is 2.68. The third-order valence-corrected chi connectivity index (χ3v) is 4.68. The molecular weight excluding hydrogens is 342 g/mol. The number of allylic oxidation sites excluding steroid dienone is 2. The Labute approximate surface area is 151 Å². The van der Waals surface area contributed by atoms with Gasteiger partial charge in [0.1, 0.15) is 6.04 Å². The lowest BCUT2D eigenvalue weighted by atomic mass is 10.0. The molecule has 1 aromatic carbocycles. The van der Waals surface area contributed by atoms with Crippen molar-refractivity contribution < 1.29 is 24.6 Å². The lowest BCUT2D eigenvalue weighted by Gasteiger charge is -2.10. The van der Waals surface area contributed by atoms with E-state index in [1.165, 1.54) is 18.7 Å². The Balaban J connectivity index is 0.00000312. The number of cyclic esters (lactones) is 1. The van der Waals surface area contributed by atoms with Crippen LogP contribution in [0.25, 0.3) is 5.57 Å². The van der Waals surface area contributed by atoms with Crippen LogP contribution in [-0.2, 0) is 19.1 Å². The van der Waals surface area contributed by atoms with Gasteiger partial charge in [-0.25, -0.2) is 4.79 Å². The number of ketones is 1. The number of hydrogen-bond acceptors (Lipinski definition) is 5. The third kappa shape index (κ3) is 6.03. The maximum absolute atomic E-state index is 11.9. The summed E-state index contributed by atoms with van der Waals surface area (Å²) in [5.74, 6) is -0.280. The number of nitrogens with one attached hydrogen (secondary N) is 1. The van der Waals surface area contributed by atoms with Crippen molar-refractivity contribution in [2.75, 3.05) is 12.4 Å². The summed E-state index contributed by atoms with van der Waals surface area (Å²) in [6.45, 7) is 5.78. The Morgan fingerprint density at radius 3 is 2.64 bits per heavy atom. The Bertz CT molecular complexity index is 699. The van der Waals surface area contributed by atoms with E-state index in [4.69, 9.17) is 4.74 Å². The van der Waals surface area contributed by atoms with Crippen LogP contribution in [-0.4, -0.2) is 41.5 Å². The average molecular weight is 365 g/mol. The Hall–Kier alpha value is -2.12. The molecule has 136 valence electrons. The van der Waals surface area contributed by atoms with E-state index in [1.54, 1.807) is 6.08 Å². The van der Waals surface area contributed by atoms with Crippen molar-refractivity contribution in [3.63, 3.8) is 0 Å². The van der Waals surface area contributed by atoms with Crippen LogP contribution in [0.1, 0.15) is 31.4 Å². The second-order valence-corrected chi connectivity index (χ2v) is 6.83. The average Bonchev–Trinajstić information content (AvgIpc) is 2.89. The standard InChI is InChI=1S/C18H21NO4S.H2O/c1-11(8-13(3)20)15-5-4-14(9-12(15)2)24-10-17(21)19-16-6-7-23-18(16)22;/h4-5,8-9,16H,6-7,10H2,1-3H3,(H,19,21);1H2/b11-8-;. The maximum Gasteiger partial charge on any atom is 0.328 e. The number of aryl methyl sites for hydroxylation is 1. The molecule has 1 aliphatic heterocycles. The molecule has 1 amide bonds. The second-order valence-electron chi connectivity index (χ2n) is 5.78. The molecule has 7 heteroatoms. The van der Waals surface area contributed by atoms with E-state index >= 15 is 0 Å². The summed E-state index contributed by atoms with van der Waals surface area (Å²) in [6.07, 6.45) is 2.15. The van der Waals surface area contributed by atoms with Crippen LogP contribution in [0, 0.1) is 6.92 Å². The molecule has 0 spiro atoms. The number of carbonyl (C=O) groups is 3.